The Morgan fingerprint density at radius 2 is 1.56 bits per heavy atom. The van der Waals surface area contributed by atoms with E-state index in [1.807, 2.05) is 69.3 Å². The predicted octanol–water partition coefficient (Wildman–Crippen LogP) is 4.57. The average Bonchev–Trinajstić information content (AvgIpc) is 3.00. The number of aromatic nitrogens is 1. The molecule has 0 bridgehead atoms. The molecule has 6 nitrogen and oxygen atoms in total. The van der Waals surface area contributed by atoms with Crippen LogP contribution in [0, 0.1) is 6.92 Å². The Morgan fingerprint density at radius 3 is 2.19 bits per heavy atom. The maximum Gasteiger partial charge on any atom is 0.278 e. The number of pyridine rings is 1. The molecule has 0 atom stereocenters. The van der Waals surface area contributed by atoms with Gasteiger partial charge in [-0.15, -0.1) is 0 Å². The Morgan fingerprint density at radius 1 is 0.906 bits per heavy atom. The lowest BCUT2D eigenvalue weighted by atomic mass is 10.0. The van der Waals surface area contributed by atoms with Crippen LogP contribution in [-0.2, 0) is 16.1 Å². The van der Waals surface area contributed by atoms with Crippen LogP contribution in [0.5, 0.6) is 5.75 Å². The first kappa shape index (κ1) is 21.3. The summed E-state index contributed by atoms with van der Waals surface area (Å²) in [5, 5.41) is 3.18. The standard InChI is InChI=1S/C26H25N3O3/c1-17(2)32-22-10-8-21(9-11-22)28-24-23(20-6-4-18(3)5-7-20)25(30)29(26(24)31)16-19-12-14-27-15-13-19/h4-15,17,28H,16H2,1-3H3. The molecule has 0 radical (unpaired) electrons. The van der Waals surface area contributed by atoms with Crippen molar-refractivity contribution in [3.8, 4) is 5.75 Å². The second kappa shape index (κ2) is 9.06. The van der Waals surface area contributed by atoms with Gasteiger partial charge >= 0.3 is 0 Å². The van der Waals surface area contributed by atoms with Crippen molar-refractivity contribution in [3.05, 3.63) is 95.4 Å². The van der Waals surface area contributed by atoms with Crippen molar-refractivity contribution >= 4 is 23.1 Å². The molecule has 1 aromatic heterocycles. The van der Waals surface area contributed by atoms with E-state index in [-0.39, 0.29) is 30.2 Å². The molecule has 2 amide bonds. The third kappa shape index (κ3) is 4.54. The third-order valence-corrected chi connectivity index (χ3v) is 5.09. The largest absolute Gasteiger partial charge is 0.491 e. The number of nitrogens with zero attached hydrogens (tertiary/aromatic N) is 2. The lowest BCUT2D eigenvalue weighted by molar-refractivity contribution is -0.137. The zero-order chi connectivity index (χ0) is 22.7. The molecule has 0 fully saturated rings. The number of nitrogens with one attached hydrogen (secondary N) is 1. The second-order valence-electron chi connectivity index (χ2n) is 7.98. The molecule has 4 rings (SSSR count). The molecule has 0 aliphatic carbocycles. The Kier molecular flexibility index (Phi) is 6.03. The molecule has 1 N–H and O–H groups in total. The normalized spacial score (nSPS) is 13.8. The van der Waals surface area contributed by atoms with Crippen LogP contribution in [0.25, 0.3) is 5.57 Å². The van der Waals surface area contributed by atoms with Crippen molar-refractivity contribution in [2.45, 2.75) is 33.4 Å². The molecule has 2 heterocycles. The number of benzene rings is 2. The Bertz CT molecular complexity index is 1150. The lowest BCUT2D eigenvalue weighted by Crippen LogP contribution is -2.32. The Labute approximate surface area is 187 Å². The molecule has 1 aliphatic rings. The van der Waals surface area contributed by atoms with Gasteiger partial charge in [0.2, 0.25) is 0 Å². The second-order valence-corrected chi connectivity index (χ2v) is 7.98. The van der Waals surface area contributed by atoms with Gasteiger partial charge in [0.1, 0.15) is 11.4 Å². The summed E-state index contributed by atoms with van der Waals surface area (Å²) in [6, 6.07) is 18.5. The van der Waals surface area contributed by atoms with Gasteiger partial charge in [0, 0.05) is 18.1 Å². The fraction of sp³-hybridized carbons (Fsp3) is 0.192. The highest BCUT2D eigenvalue weighted by atomic mass is 16.5. The first-order chi connectivity index (χ1) is 15.4. The van der Waals surface area contributed by atoms with Crippen molar-refractivity contribution in [2.24, 2.45) is 0 Å². The fourth-order valence-electron chi connectivity index (χ4n) is 3.53. The Balaban J connectivity index is 1.68. The van der Waals surface area contributed by atoms with E-state index in [0.29, 0.717) is 16.8 Å². The van der Waals surface area contributed by atoms with Crippen LogP contribution in [0.2, 0.25) is 0 Å². The smallest absolute Gasteiger partial charge is 0.278 e. The predicted molar refractivity (Wildman–Crippen MR) is 124 cm³/mol. The molecule has 0 saturated heterocycles. The number of carbonyl (C=O) groups is 2. The molecule has 0 unspecified atom stereocenters. The van der Waals surface area contributed by atoms with Crippen LogP contribution in [0.15, 0.2) is 78.8 Å². The zero-order valence-corrected chi connectivity index (χ0v) is 18.3. The fourth-order valence-corrected chi connectivity index (χ4v) is 3.53. The van der Waals surface area contributed by atoms with E-state index in [2.05, 4.69) is 10.3 Å². The maximum absolute atomic E-state index is 13.4. The minimum absolute atomic E-state index is 0.0698. The molecular weight excluding hydrogens is 402 g/mol. The third-order valence-electron chi connectivity index (χ3n) is 5.09. The first-order valence-electron chi connectivity index (χ1n) is 10.5. The van der Waals surface area contributed by atoms with Crippen LogP contribution in [0.1, 0.15) is 30.5 Å². The summed E-state index contributed by atoms with van der Waals surface area (Å²) in [5.74, 6) is 0.0641. The monoisotopic (exact) mass is 427 g/mol. The van der Waals surface area contributed by atoms with Crippen LogP contribution in [0.4, 0.5) is 5.69 Å². The molecule has 0 spiro atoms. The van der Waals surface area contributed by atoms with Crippen LogP contribution in [-0.4, -0.2) is 27.8 Å². The number of rotatable bonds is 7. The number of amides is 2. The van der Waals surface area contributed by atoms with E-state index in [9.17, 15) is 9.59 Å². The van der Waals surface area contributed by atoms with Gasteiger partial charge in [-0.2, -0.15) is 0 Å². The summed E-state index contributed by atoms with van der Waals surface area (Å²) in [7, 11) is 0. The SMILES string of the molecule is Cc1ccc(C2=C(Nc3ccc(OC(C)C)cc3)C(=O)N(Cc3ccncc3)C2=O)cc1. The van der Waals surface area contributed by atoms with Gasteiger partial charge in [-0.25, -0.2) is 0 Å². The highest BCUT2D eigenvalue weighted by Gasteiger charge is 2.39. The van der Waals surface area contributed by atoms with E-state index >= 15 is 0 Å². The van der Waals surface area contributed by atoms with E-state index in [0.717, 1.165) is 16.9 Å². The van der Waals surface area contributed by atoms with Gasteiger partial charge in [0.15, 0.2) is 0 Å². The van der Waals surface area contributed by atoms with Gasteiger partial charge in [-0.1, -0.05) is 29.8 Å². The number of hydrogen-bond acceptors (Lipinski definition) is 5. The summed E-state index contributed by atoms with van der Waals surface area (Å²) in [5.41, 5.74) is 3.95. The minimum atomic E-state index is -0.357. The molecule has 1 aliphatic heterocycles. The van der Waals surface area contributed by atoms with Crippen LogP contribution >= 0.6 is 0 Å². The summed E-state index contributed by atoms with van der Waals surface area (Å²) in [4.78, 5) is 32.0. The first-order valence-corrected chi connectivity index (χ1v) is 10.5. The van der Waals surface area contributed by atoms with Crippen molar-refractivity contribution in [1.82, 2.24) is 9.88 Å². The summed E-state index contributed by atoms with van der Waals surface area (Å²) >= 11 is 0. The topological polar surface area (TPSA) is 71.5 Å². The molecule has 3 aromatic rings. The van der Waals surface area contributed by atoms with Crippen LogP contribution in [0.3, 0.4) is 0 Å². The van der Waals surface area contributed by atoms with Crippen molar-refractivity contribution in [1.29, 1.82) is 0 Å². The zero-order valence-electron chi connectivity index (χ0n) is 18.3. The summed E-state index contributed by atoms with van der Waals surface area (Å²) < 4.78 is 5.69. The van der Waals surface area contributed by atoms with Gasteiger partial charge < -0.3 is 10.1 Å². The molecule has 6 heteroatoms. The van der Waals surface area contributed by atoms with Crippen LogP contribution < -0.4 is 10.1 Å². The number of carbonyl (C=O) groups excluding carboxylic acids is 2. The Hall–Kier alpha value is -3.93. The van der Waals surface area contributed by atoms with Gasteiger partial charge in [-0.3, -0.25) is 19.5 Å². The summed E-state index contributed by atoms with van der Waals surface area (Å²) in [6.45, 7) is 6.09. The van der Waals surface area contributed by atoms with Crippen molar-refractivity contribution < 1.29 is 14.3 Å². The average molecular weight is 428 g/mol. The minimum Gasteiger partial charge on any atom is -0.491 e. The quantitative estimate of drug-likeness (QED) is 0.559. The molecular formula is C26H25N3O3. The van der Waals surface area contributed by atoms with E-state index in [4.69, 9.17) is 4.74 Å². The van der Waals surface area contributed by atoms with Crippen molar-refractivity contribution in [2.75, 3.05) is 5.32 Å². The molecule has 2 aromatic carbocycles. The van der Waals surface area contributed by atoms with E-state index in [1.54, 1.807) is 24.5 Å². The lowest BCUT2D eigenvalue weighted by Gasteiger charge is -2.15. The number of ether oxygens (including phenoxy) is 1. The van der Waals surface area contributed by atoms with Crippen molar-refractivity contribution in [3.63, 3.8) is 0 Å². The van der Waals surface area contributed by atoms with E-state index in [1.165, 1.54) is 4.90 Å². The number of aryl methyl sites for hydroxylation is 1. The molecule has 162 valence electrons. The van der Waals surface area contributed by atoms with E-state index < -0.39 is 0 Å². The highest BCUT2D eigenvalue weighted by molar-refractivity contribution is 6.36. The number of hydrogen-bond donors (Lipinski definition) is 1. The van der Waals surface area contributed by atoms with Gasteiger partial charge in [0.05, 0.1) is 18.2 Å². The number of anilines is 1. The highest BCUT2D eigenvalue weighted by Crippen LogP contribution is 2.32. The van der Waals surface area contributed by atoms with Gasteiger partial charge in [0.25, 0.3) is 11.8 Å². The maximum atomic E-state index is 13.4. The summed E-state index contributed by atoms with van der Waals surface area (Å²) in [6.07, 6.45) is 3.36. The number of imide groups is 1. The van der Waals surface area contributed by atoms with Gasteiger partial charge in [-0.05, 0) is 68.3 Å². The molecule has 32 heavy (non-hydrogen) atoms. The molecule has 0 saturated carbocycles.